The molecule has 2 aromatic carbocycles. The molecule has 0 atom stereocenters. The van der Waals surface area contributed by atoms with Crippen molar-refractivity contribution in [2.75, 3.05) is 5.01 Å². The lowest BCUT2D eigenvalue weighted by Crippen LogP contribution is -2.37. The van der Waals surface area contributed by atoms with E-state index in [9.17, 15) is 4.79 Å². The van der Waals surface area contributed by atoms with Crippen LogP contribution in [0.15, 0.2) is 54.6 Å². The minimum absolute atomic E-state index is 0.295. The Morgan fingerprint density at radius 3 is 2.84 bits per heavy atom. The van der Waals surface area contributed by atoms with Gasteiger partial charge in [0, 0.05) is 27.8 Å². The molecular weight excluding hydrogens is 332 g/mol. The van der Waals surface area contributed by atoms with Crippen molar-refractivity contribution >= 4 is 33.3 Å². The van der Waals surface area contributed by atoms with E-state index in [1.54, 1.807) is 0 Å². The molecule has 1 amide bonds. The number of hydrogen-bond acceptors (Lipinski definition) is 4. The van der Waals surface area contributed by atoms with Gasteiger partial charge in [-0.15, -0.1) is 0 Å². The number of carbonyl (C=O) groups is 1. The minimum atomic E-state index is -0.295. The first kappa shape index (κ1) is 14.4. The second kappa shape index (κ2) is 5.27. The van der Waals surface area contributed by atoms with Crippen molar-refractivity contribution in [3.05, 3.63) is 70.7 Å². The Hall–Kier alpha value is -2.96. The molecule has 2 aromatic heterocycles. The van der Waals surface area contributed by atoms with Crippen LogP contribution in [-0.4, -0.2) is 15.9 Å². The van der Waals surface area contributed by atoms with Crippen LogP contribution in [0.4, 0.5) is 5.13 Å². The molecule has 25 heavy (non-hydrogen) atoms. The van der Waals surface area contributed by atoms with Gasteiger partial charge in [0.15, 0.2) is 0 Å². The van der Waals surface area contributed by atoms with Crippen molar-refractivity contribution in [3.63, 3.8) is 0 Å². The topological polar surface area (TPSA) is 75.0 Å². The van der Waals surface area contributed by atoms with Crippen molar-refractivity contribution in [3.8, 4) is 11.3 Å². The van der Waals surface area contributed by atoms with Gasteiger partial charge in [0.05, 0.1) is 5.69 Å². The van der Waals surface area contributed by atoms with Crippen LogP contribution in [0, 0.1) is 0 Å². The summed E-state index contributed by atoms with van der Waals surface area (Å²) in [6, 6.07) is 17.8. The van der Waals surface area contributed by atoms with Crippen molar-refractivity contribution in [2.45, 2.75) is 6.42 Å². The van der Waals surface area contributed by atoms with E-state index in [-0.39, 0.29) is 5.91 Å². The maximum absolute atomic E-state index is 12.7. The second-order valence-corrected chi connectivity index (χ2v) is 7.11. The highest BCUT2D eigenvalue weighted by molar-refractivity contribution is 7.16. The molecular formula is C19H14N4OS. The normalized spacial score (nSPS) is 12.2. The van der Waals surface area contributed by atoms with Crippen molar-refractivity contribution in [1.29, 1.82) is 0 Å². The van der Waals surface area contributed by atoms with E-state index in [4.69, 9.17) is 5.84 Å². The molecule has 5 rings (SSSR count). The van der Waals surface area contributed by atoms with Gasteiger partial charge in [-0.25, -0.2) is 15.8 Å². The summed E-state index contributed by atoms with van der Waals surface area (Å²) in [5.74, 6) is 5.79. The lowest BCUT2D eigenvalue weighted by atomic mass is 10.1. The number of nitrogens with zero attached hydrogens (tertiary/aromatic N) is 2. The monoisotopic (exact) mass is 346 g/mol. The number of hydrazine groups is 1. The summed E-state index contributed by atoms with van der Waals surface area (Å²) in [6.45, 7) is 0. The van der Waals surface area contributed by atoms with E-state index >= 15 is 0 Å². The molecule has 0 saturated heterocycles. The van der Waals surface area contributed by atoms with E-state index in [1.807, 2.05) is 42.5 Å². The zero-order chi connectivity index (χ0) is 17.0. The summed E-state index contributed by atoms with van der Waals surface area (Å²) in [4.78, 5) is 21.6. The number of fused-ring (bicyclic) bond motifs is 4. The molecule has 1 aliphatic carbocycles. The van der Waals surface area contributed by atoms with Crippen LogP contribution in [-0.2, 0) is 6.42 Å². The number of thiazole rings is 1. The number of para-hydroxylation sites is 1. The zero-order valence-corrected chi connectivity index (χ0v) is 14.0. The van der Waals surface area contributed by atoms with Gasteiger partial charge in [-0.1, -0.05) is 53.8 Å². The lowest BCUT2D eigenvalue weighted by molar-refractivity contribution is 0.0983. The Morgan fingerprint density at radius 1 is 1.16 bits per heavy atom. The maximum atomic E-state index is 12.7. The lowest BCUT2D eigenvalue weighted by Gasteiger charge is -2.12. The van der Waals surface area contributed by atoms with Crippen LogP contribution in [0.2, 0.25) is 0 Å². The Kier molecular flexibility index (Phi) is 3.03. The third kappa shape index (κ3) is 2.19. The molecule has 0 unspecified atom stereocenters. The number of rotatable bonds is 2. The number of aromatic nitrogens is 2. The number of benzene rings is 2. The fraction of sp³-hybridized carbons (Fsp3) is 0.0526. The standard InChI is InChI=1S/C19H14N4OS/c20-23(18(24)15-9-12-6-2-4-8-14(12)21-15)19-22-17-13-7-3-1-5-11(13)10-16(17)25-19/h1-9,21H,10,20H2. The average Bonchev–Trinajstić information content (AvgIpc) is 3.32. The molecule has 0 bridgehead atoms. The minimum Gasteiger partial charge on any atom is -0.350 e. The molecule has 2 heterocycles. The molecule has 3 N–H and O–H groups in total. The number of carbonyl (C=O) groups excluding carboxylic acids is 1. The van der Waals surface area contributed by atoms with E-state index < -0.39 is 0 Å². The predicted molar refractivity (Wildman–Crippen MR) is 99.7 cm³/mol. The van der Waals surface area contributed by atoms with Gasteiger partial charge in [0.25, 0.3) is 5.91 Å². The number of nitrogens with two attached hydrogens (primary N) is 1. The van der Waals surface area contributed by atoms with Gasteiger partial charge >= 0.3 is 0 Å². The van der Waals surface area contributed by atoms with Crippen molar-refractivity contribution in [2.24, 2.45) is 5.84 Å². The molecule has 1 aliphatic rings. The zero-order valence-electron chi connectivity index (χ0n) is 13.2. The number of nitrogens with one attached hydrogen (secondary N) is 1. The second-order valence-electron chi connectivity index (χ2n) is 6.05. The SMILES string of the molecule is NN(C(=O)c1cc2ccccc2[nH]1)c1nc2c(s1)Cc1ccccc1-2. The molecule has 0 spiro atoms. The summed E-state index contributed by atoms with van der Waals surface area (Å²) in [5.41, 5.74) is 4.71. The molecule has 5 nitrogen and oxygen atoms in total. The van der Waals surface area contributed by atoms with Crippen LogP contribution < -0.4 is 10.9 Å². The van der Waals surface area contributed by atoms with E-state index in [1.165, 1.54) is 16.9 Å². The number of hydrogen-bond donors (Lipinski definition) is 2. The van der Waals surface area contributed by atoms with E-state index in [0.29, 0.717) is 10.8 Å². The van der Waals surface area contributed by atoms with Crippen molar-refractivity contribution < 1.29 is 4.79 Å². The quantitative estimate of drug-likeness (QED) is 0.291. The van der Waals surface area contributed by atoms with Gasteiger partial charge < -0.3 is 4.98 Å². The Labute approximate surface area is 147 Å². The largest absolute Gasteiger partial charge is 0.350 e. The third-order valence-electron chi connectivity index (χ3n) is 4.49. The number of aromatic amines is 1. The first-order valence-electron chi connectivity index (χ1n) is 7.95. The summed E-state index contributed by atoms with van der Waals surface area (Å²) < 4.78 is 0. The Bertz CT molecular complexity index is 1090. The molecule has 122 valence electrons. The third-order valence-corrected chi connectivity index (χ3v) is 5.55. The fourth-order valence-electron chi connectivity index (χ4n) is 3.26. The molecule has 6 heteroatoms. The van der Waals surface area contributed by atoms with E-state index in [2.05, 4.69) is 22.1 Å². The van der Waals surface area contributed by atoms with Crippen LogP contribution >= 0.6 is 11.3 Å². The first-order valence-corrected chi connectivity index (χ1v) is 8.77. The Morgan fingerprint density at radius 2 is 1.96 bits per heavy atom. The number of anilines is 1. The highest BCUT2D eigenvalue weighted by atomic mass is 32.1. The van der Waals surface area contributed by atoms with Crippen LogP contribution in [0.3, 0.4) is 0 Å². The summed E-state index contributed by atoms with van der Waals surface area (Å²) in [7, 11) is 0. The van der Waals surface area contributed by atoms with Gasteiger partial charge in [-0.3, -0.25) is 4.79 Å². The molecule has 0 fully saturated rings. The molecule has 0 saturated carbocycles. The predicted octanol–water partition coefficient (Wildman–Crippen LogP) is 3.72. The van der Waals surface area contributed by atoms with E-state index in [0.717, 1.165) is 38.5 Å². The first-order chi connectivity index (χ1) is 12.2. The van der Waals surface area contributed by atoms with Gasteiger partial charge in [0.1, 0.15) is 5.69 Å². The van der Waals surface area contributed by atoms with Crippen molar-refractivity contribution in [1.82, 2.24) is 9.97 Å². The summed E-state index contributed by atoms with van der Waals surface area (Å²) >= 11 is 1.47. The smallest absolute Gasteiger partial charge is 0.290 e. The summed E-state index contributed by atoms with van der Waals surface area (Å²) in [6.07, 6.45) is 0.845. The van der Waals surface area contributed by atoms with Crippen LogP contribution in [0.1, 0.15) is 20.9 Å². The highest BCUT2D eigenvalue weighted by Gasteiger charge is 2.26. The van der Waals surface area contributed by atoms with Gasteiger partial charge in [-0.05, 0) is 17.7 Å². The maximum Gasteiger partial charge on any atom is 0.290 e. The molecule has 4 aromatic rings. The van der Waals surface area contributed by atoms with Gasteiger partial charge in [0.2, 0.25) is 5.13 Å². The summed E-state index contributed by atoms with van der Waals surface area (Å²) in [5, 5.41) is 2.63. The van der Waals surface area contributed by atoms with Crippen LogP contribution in [0.5, 0.6) is 0 Å². The average molecular weight is 346 g/mol. The fourth-order valence-corrected chi connectivity index (χ4v) is 4.27. The highest BCUT2D eigenvalue weighted by Crippen LogP contribution is 2.41. The number of amides is 1. The molecule has 0 radical (unpaired) electrons. The number of H-pyrrole nitrogens is 1. The Balaban J connectivity index is 1.49. The van der Waals surface area contributed by atoms with Crippen LogP contribution in [0.25, 0.3) is 22.2 Å². The van der Waals surface area contributed by atoms with Gasteiger partial charge in [-0.2, -0.15) is 0 Å². The molecule has 0 aliphatic heterocycles.